The first-order valence-corrected chi connectivity index (χ1v) is 17.2. The third-order valence-corrected chi connectivity index (χ3v) is 7.93. The van der Waals surface area contributed by atoms with E-state index in [2.05, 4.69) is 14.7 Å². The van der Waals surface area contributed by atoms with Gasteiger partial charge >= 0.3 is 0 Å². The van der Waals surface area contributed by atoms with E-state index in [1.807, 2.05) is 6.92 Å². The van der Waals surface area contributed by atoms with Crippen LogP contribution in [0.4, 0.5) is 0 Å². The molecule has 0 fully saturated rings. The lowest BCUT2D eigenvalue weighted by Gasteiger charge is -2.37. The van der Waals surface area contributed by atoms with E-state index >= 15 is 0 Å². The summed E-state index contributed by atoms with van der Waals surface area (Å²) < 4.78 is 49.3. The normalized spacial score (nSPS) is 15.4. The monoisotopic (exact) mass is 702 g/mol. The van der Waals surface area contributed by atoms with Crippen molar-refractivity contribution in [2.75, 3.05) is 174 Å². The van der Waals surface area contributed by atoms with Crippen LogP contribution < -0.4 is 0 Å². The summed E-state index contributed by atoms with van der Waals surface area (Å²) in [4.78, 5) is 6.26. The zero-order valence-electron chi connectivity index (χ0n) is 31.1. The molecular weight excluding hydrogens is 630 g/mol. The number of hydrogen-bond acceptors (Lipinski definition) is 15. The summed E-state index contributed by atoms with van der Waals surface area (Å²) in [6, 6.07) is 0. The molecule has 0 bridgehead atoms. The Bertz CT molecular complexity index is 668. The molecule has 15 nitrogen and oxygen atoms in total. The fourth-order valence-electron chi connectivity index (χ4n) is 5.00. The van der Waals surface area contributed by atoms with E-state index in [1.165, 1.54) is 0 Å². The van der Waals surface area contributed by atoms with E-state index in [0.29, 0.717) is 118 Å². The molecule has 0 saturated carbocycles. The number of nitrogens with zero attached hydrogens (tertiary/aromatic N) is 3. The van der Waals surface area contributed by atoms with Crippen molar-refractivity contribution in [3.05, 3.63) is 0 Å². The lowest BCUT2D eigenvalue weighted by molar-refractivity contribution is -0.111. The predicted molar refractivity (Wildman–Crippen MR) is 184 cm³/mol. The number of methoxy groups -OCH3 is 6. The zero-order chi connectivity index (χ0) is 35.9. The molecule has 0 aliphatic rings. The van der Waals surface area contributed by atoms with Crippen LogP contribution in [0.15, 0.2) is 0 Å². The minimum Gasteiger partial charge on any atom is -0.389 e. The Hall–Kier alpha value is -0.600. The number of ether oxygens (including phenoxy) is 9. The second kappa shape index (κ2) is 32.3. The first kappa shape index (κ1) is 47.4. The number of hydrogen-bond donors (Lipinski definition) is 3. The number of aliphatic hydroxyl groups excluding tert-OH is 3. The number of rotatable bonds is 37. The van der Waals surface area contributed by atoms with Gasteiger partial charge in [0.05, 0.1) is 77.8 Å². The van der Waals surface area contributed by atoms with Crippen molar-refractivity contribution < 1.29 is 58.0 Å². The highest BCUT2D eigenvalue weighted by molar-refractivity contribution is 4.84. The topological polar surface area (TPSA) is 153 Å². The highest BCUT2D eigenvalue weighted by Gasteiger charge is 2.32. The fourth-order valence-corrected chi connectivity index (χ4v) is 5.00. The molecule has 48 heavy (non-hydrogen) atoms. The molecule has 0 saturated heterocycles. The van der Waals surface area contributed by atoms with Gasteiger partial charge in [0.15, 0.2) is 0 Å². The summed E-state index contributed by atoms with van der Waals surface area (Å²) in [5.74, 6) is 0. The quantitative estimate of drug-likeness (QED) is 0.0710. The average molecular weight is 702 g/mol. The molecule has 4 atom stereocenters. The van der Waals surface area contributed by atoms with E-state index in [-0.39, 0.29) is 26.4 Å². The van der Waals surface area contributed by atoms with Crippen LogP contribution in [0.5, 0.6) is 0 Å². The lowest BCUT2D eigenvalue weighted by atomic mass is 10.0. The van der Waals surface area contributed by atoms with Gasteiger partial charge in [0.25, 0.3) is 0 Å². The van der Waals surface area contributed by atoms with Crippen molar-refractivity contribution in [3.63, 3.8) is 0 Å². The average Bonchev–Trinajstić information content (AvgIpc) is 3.08. The SMILES string of the molecule is CCC(COCC(O)CN(CCOC)CCOC)(CN(CCOC)CC(O)COCCCOCC(O)CN(CCOC)CCOC)OC. The minimum absolute atomic E-state index is 0.167. The van der Waals surface area contributed by atoms with Crippen LogP contribution in [0, 0.1) is 0 Å². The molecule has 0 aliphatic heterocycles. The van der Waals surface area contributed by atoms with Gasteiger partial charge in [0.2, 0.25) is 0 Å². The zero-order valence-corrected chi connectivity index (χ0v) is 31.1. The van der Waals surface area contributed by atoms with Gasteiger partial charge in [0.1, 0.15) is 5.60 Å². The molecule has 0 radical (unpaired) electrons. The molecule has 3 N–H and O–H groups in total. The molecule has 0 aromatic carbocycles. The molecule has 15 heteroatoms. The minimum atomic E-state index is -0.714. The summed E-state index contributed by atoms with van der Waals surface area (Å²) in [7, 11) is 9.93. The molecule has 0 aromatic rings. The van der Waals surface area contributed by atoms with E-state index in [9.17, 15) is 15.3 Å². The number of aliphatic hydroxyl groups is 3. The Balaban J connectivity index is 4.64. The van der Waals surface area contributed by atoms with Gasteiger partial charge in [0, 0.05) is 115 Å². The standard InChI is InChI=1S/C33H71N3O12/c1-8-33(45-7,29-48-27-31(38)23-35(12-19-42-4)13-20-43-5)28-36(14-21-44-6)24-32(39)26-47-16-9-15-46-25-30(37)22-34(10-17-40-2)11-18-41-3/h30-32,37-39H,8-29H2,1-7H3. The smallest absolute Gasteiger partial charge is 0.103 e. The lowest BCUT2D eigenvalue weighted by Crippen LogP contribution is -2.51. The maximum Gasteiger partial charge on any atom is 0.103 e. The van der Waals surface area contributed by atoms with Crippen molar-refractivity contribution in [2.24, 2.45) is 0 Å². The highest BCUT2D eigenvalue weighted by Crippen LogP contribution is 2.19. The first-order chi connectivity index (χ1) is 23.2. The van der Waals surface area contributed by atoms with Crippen LogP contribution in [0.2, 0.25) is 0 Å². The van der Waals surface area contributed by atoms with Crippen molar-refractivity contribution in [1.82, 2.24) is 14.7 Å². The van der Waals surface area contributed by atoms with Crippen LogP contribution in [-0.4, -0.2) is 228 Å². The van der Waals surface area contributed by atoms with Crippen LogP contribution in [0.25, 0.3) is 0 Å². The van der Waals surface area contributed by atoms with Crippen molar-refractivity contribution in [2.45, 2.75) is 43.7 Å². The Labute approximate surface area is 290 Å². The van der Waals surface area contributed by atoms with Crippen LogP contribution in [0.3, 0.4) is 0 Å². The largest absolute Gasteiger partial charge is 0.389 e. The summed E-state index contributed by atoms with van der Waals surface area (Å²) in [6.45, 7) is 11.8. The van der Waals surface area contributed by atoms with E-state index in [4.69, 9.17) is 42.6 Å². The molecular formula is C33H71N3O12. The van der Waals surface area contributed by atoms with Gasteiger partial charge < -0.3 is 58.0 Å². The van der Waals surface area contributed by atoms with Crippen LogP contribution in [-0.2, 0) is 42.6 Å². The molecule has 4 unspecified atom stereocenters. The second-order valence-electron chi connectivity index (χ2n) is 12.0. The Morgan fingerprint density at radius 2 is 0.854 bits per heavy atom. The first-order valence-electron chi connectivity index (χ1n) is 17.2. The predicted octanol–water partition coefficient (Wildman–Crippen LogP) is -0.558. The molecule has 0 amide bonds. The van der Waals surface area contributed by atoms with E-state index < -0.39 is 23.9 Å². The van der Waals surface area contributed by atoms with Gasteiger partial charge in [-0.15, -0.1) is 0 Å². The van der Waals surface area contributed by atoms with Crippen molar-refractivity contribution in [3.8, 4) is 0 Å². The van der Waals surface area contributed by atoms with Crippen LogP contribution >= 0.6 is 0 Å². The molecule has 0 aromatic heterocycles. The van der Waals surface area contributed by atoms with Crippen molar-refractivity contribution in [1.29, 1.82) is 0 Å². The molecule has 0 spiro atoms. The van der Waals surface area contributed by atoms with E-state index in [0.717, 1.165) is 0 Å². The molecule has 0 heterocycles. The highest BCUT2D eigenvalue weighted by atomic mass is 16.5. The maximum atomic E-state index is 10.8. The summed E-state index contributed by atoms with van der Waals surface area (Å²) in [5.41, 5.74) is -0.633. The van der Waals surface area contributed by atoms with Gasteiger partial charge in [-0.1, -0.05) is 6.92 Å². The van der Waals surface area contributed by atoms with Gasteiger partial charge in [-0.05, 0) is 12.8 Å². The van der Waals surface area contributed by atoms with Gasteiger partial charge in [-0.2, -0.15) is 0 Å². The molecule has 0 aliphatic carbocycles. The van der Waals surface area contributed by atoms with E-state index in [1.54, 1.807) is 42.7 Å². The molecule has 290 valence electrons. The maximum absolute atomic E-state index is 10.8. The second-order valence-corrected chi connectivity index (χ2v) is 12.0. The summed E-state index contributed by atoms with van der Waals surface area (Å²) in [6.07, 6.45) is -0.677. The summed E-state index contributed by atoms with van der Waals surface area (Å²) in [5, 5.41) is 31.8. The third kappa shape index (κ3) is 25.4. The Morgan fingerprint density at radius 1 is 0.500 bits per heavy atom. The van der Waals surface area contributed by atoms with Crippen molar-refractivity contribution >= 4 is 0 Å². The third-order valence-electron chi connectivity index (χ3n) is 7.93. The van der Waals surface area contributed by atoms with Gasteiger partial charge in [-0.3, -0.25) is 14.7 Å². The summed E-state index contributed by atoms with van der Waals surface area (Å²) >= 11 is 0. The van der Waals surface area contributed by atoms with Crippen LogP contribution in [0.1, 0.15) is 19.8 Å². The molecule has 0 rings (SSSR count). The van der Waals surface area contributed by atoms with Gasteiger partial charge in [-0.25, -0.2) is 0 Å². The Kier molecular flexibility index (Phi) is 31.9. The fraction of sp³-hybridized carbons (Fsp3) is 1.00. The Morgan fingerprint density at radius 3 is 1.21 bits per heavy atom.